The highest BCUT2D eigenvalue weighted by atomic mass is 16.5. The molecule has 0 bridgehead atoms. The minimum absolute atomic E-state index is 0.497. The van der Waals surface area contributed by atoms with E-state index in [-0.39, 0.29) is 0 Å². The molecule has 4 nitrogen and oxygen atoms in total. The van der Waals surface area contributed by atoms with E-state index in [1.165, 1.54) is 52.7 Å². The van der Waals surface area contributed by atoms with E-state index in [0.29, 0.717) is 6.42 Å². The Morgan fingerprint density at radius 1 is 0.750 bits per heavy atom. The van der Waals surface area contributed by atoms with E-state index in [9.17, 15) is 9.59 Å². The smallest absolute Gasteiger partial charge is 0.320 e. The van der Waals surface area contributed by atoms with E-state index in [1.54, 1.807) is 0 Å². The van der Waals surface area contributed by atoms with Crippen LogP contribution in [0, 0.1) is 5.92 Å². The number of methoxy groups -OCH3 is 2. The number of allylic oxidation sites excluding steroid dienone is 2. The van der Waals surface area contributed by atoms with E-state index in [1.807, 2.05) is 0 Å². The van der Waals surface area contributed by atoms with Crippen LogP contribution in [-0.4, -0.2) is 26.2 Å². The molecule has 4 heteroatoms. The molecule has 0 fully saturated rings. The molecule has 0 aliphatic heterocycles. The zero-order chi connectivity index (χ0) is 18.0. The van der Waals surface area contributed by atoms with Gasteiger partial charge in [-0.05, 0) is 32.1 Å². The Balaban J connectivity index is 3.58. The summed E-state index contributed by atoms with van der Waals surface area (Å²) >= 11 is 0. The Labute approximate surface area is 148 Å². The van der Waals surface area contributed by atoms with Crippen LogP contribution in [0.25, 0.3) is 0 Å². The number of carbonyl (C=O) groups excluding carboxylic acids is 2. The number of ether oxygens (including phenoxy) is 2. The van der Waals surface area contributed by atoms with Crippen LogP contribution in [0.4, 0.5) is 0 Å². The third kappa shape index (κ3) is 12.1. The molecule has 0 amide bonds. The van der Waals surface area contributed by atoms with Crippen LogP contribution in [-0.2, 0) is 19.1 Å². The highest BCUT2D eigenvalue weighted by Crippen LogP contribution is 2.15. The largest absolute Gasteiger partial charge is 0.468 e. The molecule has 0 rings (SSSR count). The van der Waals surface area contributed by atoms with Gasteiger partial charge in [-0.3, -0.25) is 9.59 Å². The van der Waals surface area contributed by atoms with E-state index < -0.39 is 17.9 Å². The molecular weight excluding hydrogens is 304 g/mol. The van der Waals surface area contributed by atoms with Gasteiger partial charge in [0, 0.05) is 0 Å². The lowest BCUT2D eigenvalue weighted by molar-refractivity contribution is -0.159. The van der Waals surface area contributed by atoms with Crippen LogP contribution >= 0.6 is 0 Å². The second-order valence-electron chi connectivity index (χ2n) is 6.26. The van der Waals surface area contributed by atoms with Gasteiger partial charge in [-0.1, -0.05) is 64.0 Å². The van der Waals surface area contributed by atoms with Crippen molar-refractivity contribution >= 4 is 11.9 Å². The quantitative estimate of drug-likeness (QED) is 0.178. The lowest BCUT2D eigenvalue weighted by atomic mass is 10.0. The monoisotopic (exact) mass is 340 g/mol. The normalized spacial score (nSPS) is 11.2. The third-order valence-corrected chi connectivity index (χ3v) is 4.23. The van der Waals surface area contributed by atoms with Gasteiger partial charge in [0.05, 0.1) is 14.2 Å². The Morgan fingerprint density at radius 3 is 1.67 bits per heavy atom. The van der Waals surface area contributed by atoms with Crippen molar-refractivity contribution in [3.8, 4) is 0 Å². The third-order valence-electron chi connectivity index (χ3n) is 4.23. The fourth-order valence-electron chi connectivity index (χ4n) is 2.68. The number of esters is 2. The molecule has 0 unspecified atom stereocenters. The summed E-state index contributed by atoms with van der Waals surface area (Å²) in [5.41, 5.74) is 0. The maximum Gasteiger partial charge on any atom is 0.320 e. The van der Waals surface area contributed by atoms with Crippen LogP contribution in [0.15, 0.2) is 12.2 Å². The maximum atomic E-state index is 11.5. The highest BCUT2D eigenvalue weighted by molar-refractivity contribution is 5.94. The summed E-state index contributed by atoms with van der Waals surface area (Å²) in [5.74, 6) is -1.76. The van der Waals surface area contributed by atoms with Gasteiger partial charge >= 0.3 is 11.9 Å². The summed E-state index contributed by atoms with van der Waals surface area (Å²) in [4.78, 5) is 23.1. The molecule has 0 N–H and O–H groups in total. The predicted octanol–water partition coefficient (Wildman–Crippen LogP) is 5.21. The zero-order valence-electron chi connectivity index (χ0n) is 15.9. The van der Waals surface area contributed by atoms with E-state index in [4.69, 9.17) is 0 Å². The first kappa shape index (κ1) is 22.7. The van der Waals surface area contributed by atoms with Gasteiger partial charge in [-0.15, -0.1) is 0 Å². The number of carbonyl (C=O) groups is 2. The molecule has 0 saturated heterocycles. The fourth-order valence-corrected chi connectivity index (χ4v) is 2.68. The first-order valence-electron chi connectivity index (χ1n) is 9.48. The van der Waals surface area contributed by atoms with Gasteiger partial charge in [0.2, 0.25) is 0 Å². The number of hydrogen-bond acceptors (Lipinski definition) is 4. The van der Waals surface area contributed by atoms with Gasteiger partial charge in [0.25, 0.3) is 0 Å². The van der Waals surface area contributed by atoms with Crippen molar-refractivity contribution < 1.29 is 19.1 Å². The second kappa shape index (κ2) is 16.5. The van der Waals surface area contributed by atoms with Gasteiger partial charge in [-0.25, -0.2) is 0 Å². The number of rotatable bonds is 15. The molecule has 0 saturated carbocycles. The van der Waals surface area contributed by atoms with Crippen molar-refractivity contribution in [1.29, 1.82) is 0 Å². The van der Waals surface area contributed by atoms with Crippen molar-refractivity contribution in [3.05, 3.63) is 12.2 Å². The Hall–Kier alpha value is -1.32. The average Bonchev–Trinajstić information content (AvgIpc) is 2.61. The Kier molecular flexibility index (Phi) is 15.6. The Bertz CT molecular complexity index is 334. The van der Waals surface area contributed by atoms with Gasteiger partial charge in [-0.2, -0.15) is 0 Å². The van der Waals surface area contributed by atoms with Crippen LogP contribution in [0.1, 0.15) is 84.0 Å². The topological polar surface area (TPSA) is 52.6 Å². The molecule has 0 aliphatic carbocycles. The molecule has 0 heterocycles. The van der Waals surface area contributed by atoms with E-state index in [0.717, 1.165) is 32.1 Å². The summed E-state index contributed by atoms with van der Waals surface area (Å²) < 4.78 is 9.30. The summed E-state index contributed by atoms with van der Waals surface area (Å²) in [5, 5.41) is 0. The molecule has 0 aromatic heterocycles. The molecule has 0 aromatic rings. The summed E-state index contributed by atoms with van der Waals surface area (Å²) in [6, 6.07) is 0. The molecule has 24 heavy (non-hydrogen) atoms. The number of hydrogen-bond donors (Lipinski definition) is 0. The van der Waals surface area contributed by atoms with Crippen molar-refractivity contribution in [3.63, 3.8) is 0 Å². The summed E-state index contributed by atoms with van der Waals surface area (Å²) in [6.45, 7) is 2.24. The van der Waals surface area contributed by atoms with Crippen molar-refractivity contribution in [2.45, 2.75) is 84.0 Å². The van der Waals surface area contributed by atoms with Gasteiger partial charge in [0.15, 0.2) is 5.92 Å². The van der Waals surface area contributed by atoms with Crippen molar-refractivity contribution in [2.75, 3.05) is 14.2 Å². The molecule has 140 valence electrons. The summed E-state index contributed by atoms with van der Waals surface area (Å²) in [6.07, 6.45) is 18.2. The minimum atomic E-state index is -0.771. The molecule has 0 aliphatic rings. The maximum absolute atomic E-state index is 11.5. The lowest BCUT2D eigenvalue weighted by Gasteiger charge is -2.11. The SMILES string of the molecule is CCCCCCC/C=C/CCCCCCC(C(=O)OC)C(=O)OC. The Morgan fingerprint density at radius 2 is 1.21 bits per heavy atom. The zero-order valence-corrected chi connectivity index (χ0v) is 15.9. The number of unbranched alkanes of at least 4 members (excludes halogenated alkanes) is 9. The van der Waals surface area contributed by atoms with Gasteiger partial charge in [0.1, 0.15) is 0 Å². The van der Waals surface area contributed by atoms with Gasteiger partial charge < -0.3 is 9.47 Å². The first-order chi connectivity index (χ1) is 11.7. The van der Waals surface area contributed by atoms with Crippen molar-refractivity contribution in [1.82, 2.24) is 0 Å². The fraction of sp³-hybridized carbons (Fsp3) is 0.800. The minimum Gasteiger partial charge on any atom is -0.468 e. The molecule has 0 atom stereocenters. The summed E-state index contributed by atoms with van der Waals surface area (Å²) in [7, 11) is 2.60. The highest BCUT2D eigenvalue weighted by Gasteiger charge is 2.27. The van der Waals surface area contributed by atoms with Crippen LogP contribution in [0.5, 0.6) is 0 Å². The van der Waals surface area contributed by atoms with Crippen LogP contribution < -0.4 is 0 Å². The van der Waals surface area contributed by atoms with Crippen LogP contribution in [0.2, 0.25) is 0 Å². The molecule has 0 spiro atoms. The predicted molar refractivity (Wildman–Crippen MR) is 97.7 cm³/mol. The van der Waals surface area contributed by atoms with E-state index in [2.05, 4.69) is 28.5 Å². The molecule has 0 radical (unpaired) electrons. The van der Waals surface area contributed by atoms with E-state index >= 15 is 0 Å². The second-order valence-corrected chi connectivity index (χ2v) is 6.26. The average molecular weight is 341 g/mol. The standard InChI is InChI=1S/C20H36O4/c1-4-5-6-7-8-9-10-11-12-13-14-15-16-17-18(19(21)23-2)20(22)24-3/h10-11,18H,4-9,12-17H2,1-3H3/b11-10+. The van der Waals surface area contributed by atoms with Crippen LogP contribution in [0.3, 0.4) is 0 Å². The lowest BCUT2D eigenvalue weighted by Crippen LogP contribution is -2.26. The first-order valence-corrected chi connectivity index (χ1v) is 9.48. The molecular formula is C20H36O4. The molecule has 0 aromatic carbocycles. The van der Waals surface area contributed by atoms with Crippen molar-refractivity contribution in [2.24, 2.45) is 5.92 Å².